The Morgan fingerprint density at radius 1 is 0.778 bits per heavy atom. The average molecular weight is 612 g/mol. The van der Waals surface area contributed by atoms with Crippen LogP contribution in [0.2, 0.25) is 0 Å². The van der Waals surface area contributed by atoms with Crippen LogP contribution < -0.4 is 4.74 Å². The number of hydrogen-bond acceptors (Lipinski definition) is 6. The zero-order valence-corrected chi connectivity index (χ0v) is 25.6. The number of carbonyl (C=O) groups excluding carboxylic acids is 1. The van der Waals surface area contributed by atoms with Crippen molar-refractivity contribution >= 4 is 28.9 Å². The smallest absolute Gasteiger partial charge is 0.286 e. The first-order valence-corrected chi connectivity index (χ1v) is 16.0. The predicted molar refractivity (Wildman–Crippen MR) is 181 cm³/mol. The van der Waals surface area contributed by atoms with Crippen LogP contribution in [0.25, 0.3) is 23.0 Å². The first-order valence-electron chi connectivity index (χ1n) is 15.1. The molecule has 3 heterocycles. The fourth-order valence-electron chi connectivity index (χ4n) is 5.52. The van der Waals surface area contributed by atoms with Gasteiger partial charge in [0, 0.05) is 50.0 Å². The monoisotopic (exact) mass is 611 g/mol. The molecule has 1 aromatic heterocycles. The number of nitrogens with zero attached hydrogens (tertiary/aromatic N) is 5. The van der Waals surface area contributed by atoms with Crippen LogP contribution in [0.15, 0.2) is 131 Å². The molecule has 224 valence electrons. The van der Waals surface area contributed by atoms with Gasteiger partial charge in [-0.1, -0.05) is 91.0 Å². The third kappa shape index (κ3) is 6.93. The average Bonchev–Trinajstić information content (AvgIpc) is 3.69. The Morgan fingerprint density at radius 3 is 2.20 bits per heavy atom. The molecule has 0 unspecified atom stereocenters. The van der Waals surface area contributed by atoms with Crippen molar-refractivity contribution in [1.82, 2.24) is 19.6 Å². The summed E-state index contributed by atoms with van der Waals surface area (Å²) >= 11 is 1.45. The lowest BCUT2D eigenvalue weighted by Gasteiger charge is -2.35. The standard InChI is InChI=1S/C37H33N5O2S/c43-36-34(45-37(38-36)41-21-19-40(20-22-41)25-28-11-4-1-5-12-28)24-31-26-42(32-16-8-3-9-17-32)39-35(31)30-15-10-18-33(23-30)44-27-29-13-6-2-7-14-29/h1-18,23-24,26H,19-22,25,27H2/b34-24-. The van der Waals surface area contributed by atoms with E-state index in [0.717, 1.165) is 71.7 Å². The molecule has 0 radical (unpaired) electrons. The molecule has 8 heteroatoms. The highest BCUT2D eigenvalue weighted by atomic mass is 32.2. The molecule has 0 bridgehead atoms. The maximum atomic E-state index is 13.2. The molecule has 45 heavy (non-hydrogen) atoms. The van der Waals surface area contributed by atoms with E-state index in [4.69, 9.17) is 9.84 Å². The molecule has 1 amide bonds. The van der Waals surface area contributed by atoms with Crippen LogP contribution in [0.1, 0.15) is 16.7 Å². The molecule has 0 N–H and O–H groups in total. The van der Waals surface area contributed by atoms with E-state index in [-0.39, 0.29) is 5.91 Å². The van der Waals surface area contributed by atoms with Gasteiger partial charge in [-0.25, -0.2) is 4.68 Å². The minimum absolute atomic E-state index is 0.208. The molecule has 1 saturated heterocycles. The number of hydrogen-bond donors (Lipinski definition) is 0. The fourth-order valence-corrected chi connectivity index (χ4v) is 6.47. The minimum atomic E-state index is -0.208. The summed E-state index contributed by atoms with van der Waals surface area (Å²) in [5.41, 5.74) is 5.89. The Bertz CT molecular complexity index is 1830. The summed E-state index contributed by atoms with van der Waals surface area (Å²) in [7, 11) is 0. The Kier molecular flexibility index (Phi) is 8.57. The molecule has 0 spiro atoms. The SMILES string of the molecule is O=C1N=C(N2CCN(Cc3ccccc3)CC2)S/C1=C\c1cn(-c2ccccc2)nc1-c1cccc(OCc2ccccc2)c1. The van der Waals surface area contributed by atoms with Gasteiger partial charge in [-0.15, -0.1) is 0 Å². The van der Waals surface area contributed by atoms with Crippen molar-refractivity contribution in [1.29, 1.82) is 0 Å². The zero-order chi connectivity index (χ0) is 30.4. The van der Waals surface area contributed by atoms with Crippen LogP contribution >= 0.6 is 11.8 Å². The molecule has 2 aliphatic rings. The summed E-state index contributed by atoms with van der Waals surface area (Å²) in [6.45, 7) is 4.95. The van der Waals surface area contributed by atoms with Crippen LogP contribution in [0.3, 0.4) is 0 Å². The first kappa shape index (κ1) is 28.8. The molecule has 0 saturated carbocycles. The van der Waals surface area contributed by atoms with E-state index < -0.39 is 0 Å². The third-order valence-corrected chi connectivity index (χ3v) is 8.95. The number of rotatable bonds is 8. The van der Waals surface area contributed by atoms with Crippen LogP contribution in [0, 0.1) is 0 Å². The predicted octanol–water partition coefficient (Wildman–Crippen LogP) is 6.91. The summed E-state index contributed by atoms with van der Waals surface area (Å²) in [5.74, 6) is 0.549. The summed E-state index contributed by atoms with van der Waals surface area (Å²) in [6.07, 6.45) is 3.90. The summed E-state index contributed by atoms with van der Waals surface area (Å²) < 4.78 is 7.98. The second kappa shape index (κ2) is 13.4. The molecular weight excluding hydrogens is 579 g/mol. The number of ether oxygens (including phenoxy) is 1. The van der Waals surface area contributed by atoms with Gasteiger partial charge in [-0.2, -0.15) is 10.1 Å². The van der Waals surface area contributed by atoms with Gasteiger partial charge in [0.15, 0.2) is 5.17 Å². The highest BCUT2D eigenvalue weighted by Crippen LogP contribution is 2.34. The lowest BCUT2D eigenvalue weighted by Crippen LogP contribution is -2.47. The van der Waals surface area contributed by atoms with Gasteiger partial charge in [0.25, 0.3) is 5.91 Å². The maximum Gasteiger partial charge on any atom is 0.286 e. The largest absolute Gasteiger partial charge is 0.489 e. The van der Waals surface area contributed by atoms with Crippen molar-refractivity contribution in [2.45, 2.75) is 13.2 Å². The van der Waals surface area contributed by atoms with Gasteiger partial charge in [-0.3, -0.25) is 9.69 Å². The van der Waals surface area contributed by atoms with Gasteiger partial charge in [0.2, 0.25) is 0 Å². The van der Waals surface area contributed by atoms with E-state index in [9.17, 15) is 4.79 Å². The number of amides is 1. The molecule has 1 fully saturated rings. The van der Waals surface area contributed by atoms with E-state index in [2.05, 4.69) is 39.1 Å². The van der Waals surface area contributed by atoms with Crippen LogP contribution in [-0.4, -0.2) is 56.8 Å². The Balaban J connectivity index is 1.10. The Hall–Kier alpha value is -4.92. The first-order chi connectivity index (χ1) is 22.2. The molecular formula is C37H33N5O2S. The second-order valence-electron chi connectivity index (χ2n) is 11.1. The van der Waals surface area contributed by atoms with E-state index >= 15 is 0 Å². The number of benzene rings is 4. The van der Waals surface area contributed by atoms with Gasteiger partial charge in [0.1, 0.15) is 18.1 Å². The minimum Gasteiger partial charge on any atom is -0.489 e. The topological polar surface area (TPSA) is 63.0 Å². The molecule has 4 aromatic carbocycles. The number of piperazine rings is 1. The van der Waals surface area contributed by atoms with Gasteiger partial charge >= 0.3 is 0 Å². The lowest BCUT2D eigenvalue weighted by molar-refractivity contribution is -0.113. The van der Waals surface area contributed by atoms with Crippen LogP contribution in [0.5, 0.6) is 5.75 Å². The normalized spacial score (nSPS) is 16.3. The number of carbonyl (C=O) groups is 1. The number of thioether (sulfide) groups is 1. The lowest BCUT2D eigenvalue weighted by atomic mass is 10.1. The van der Waals surface area contributed by atoms with Crippen LogP contribution in [0.4, 0.5) is 0 Å². The third-order valence-electron chi connectivity index (χ3n) is 7.91. The summed E-state index contributed by atoms with van der Waals surface area (Å²) in [5, 5.41) is 5.75. The van der Waals surface area contributed by atoms with Crippen LogP contribution in [-0.2, 0) is 17.9 Å². The van der Waals surface area contributed by atoms with E-state index in [0.29, 0.717) is 11.5 Å². The zero-order valence-electron chi connectivity index (χ0n) is 24.8. The Morgan fingerprint density at radius 2 is 1.47 bits per heavy atom. The fraction of sp³-hybridized carbons (Fsp3) is 0.162. The molecule has 0 atom stereocenters. The summed E-state index contributed by atoms with van der Waals surface area (Å²) in [6, 6.07) is 38.6. The maximum absolute atomic E-state index is 13.2. The molecule has 5 aromatic rings. The van der Waals surface area contributed by atoms with Gasteiger partial charge in [0.05, 0.1) is 10.6 Å². The number of aliphatic imine (C=N–C) groups is 1. The highest BCUT2D eigenvalue weighted by Gasteiger charge is 2.29. The number of para-hydroxylation sites is 1. The van der Waals surface area contributed by atoms with Crippen molar-refractivity contribution in [3.63, 3.8) is 0 Å². The molecule has 2 aliphatic heterocycles. The van der Waals surface area contributed by atoms with E-state index in [1.165, 1.54) is 17.3 Å². The van der Waals surface area contributed by atoms with Crippen molar-refractivity contribution in [3.05, 3.63) is 143 Å². The van der Waals surface area contributed by atoms with Gasteiger partial charge < -0.3 is 9.64 Å². The Labute approximate surface area is 267 Å². The molecule has 0 aliphatic carbocycles. The quantitative estimate of drug-likeness (QED) is 0.178. The summed E-state index contributed by atoms with van der Waals surface area (Å²) in [4.78, 5) is 22.9. The second-order valence-corrected chi connectivity index (χ2v) is 12.1. The van der Waals surface area contributed by atoms with Crippen molar-refractivity contribution in [2.24, 2.45) is 4.99 Å². The highest BCUT2D eigenvalue weighted by molar-refractivity contribution is 8.18. The van der Waals surface area contributed by atoms with E-state index in [1.54, 1.807) is 0 Å². The number of aromatic nitrogens is 2. The molecule has 7 rings (SSSR count). The number of amidine groups is 1. The van der Waals surface area contributed by atoms with E-state index in [1.807, 2.05) is 108 Å². The van der Waals surface area contributed by atoms with Crippen molar-refractivity contribution in [2.75, 3.05) is 26.2 Å². The molecule has 7 nitrogen and oxygen atoms in total. The van der Waals surface area contributed by atoms with Gasteiger partial charge in [-0.05, 0) is 53.2 Å². The van der Waals surface area contributed by atoms with Crippen molar-refractivity contribution in [3.8, 4) is 22.7 Å². The van der Waals surface area contributed by atoms with Crippen molar-refractivity contribution < 1.29 is 9.53 Å².